The predicted octanol–water partition coefficient (Wildman–Crippen LogP) is 1.06. The van der Waals surface area contributed by atoms with Crippen molar-refractivity contribution in [3.8, 4) is 6.07 Å². The molecular weight excluding hydrogens is 267 g/mol. The lowest BCUT2D eigenvalue weighted by Gasteiger charge is -2.43. The van der Waals surface area contributed by atoms with Crippen molar-refractivity contribution < 1.29 is 19.5 Å². The maximum Gasteiger partial charge on any atom is 0.238 e. The van der Waals surface area contributed by atoms with Gasteiger partial charge < -0.3 is 25.2 Å². The lowest BCUT2D eigenvalue weighted by Crippen LogP contribution is -2.54. The zero-order chi connectivity index (χ0) is 15.3. The second-order valence-corrected chi connectivity index (χ2v) is 9.23. The molecule has 112 valence electrons. The van der Waals surface area contributed by atoms with E-state index in [1.54, 1.807) is 27.7 Å². The molecule has 0 aromatic heterocycles. The van der Waals surface area contributed by atoms with Gasteiger partial charge in [0.2, 0.25) is 5.53 Å². The summed E-state index contributed by atoms with van der Waals surface area (Å²) in [5.74, 6) is 0. The highest BCUT2D eigenvalue weighted by molar-refractivity contribution is 7.66. The first-order chi connectivity index (χ1) is 8.68. The molecule has 0 aromatic rings. The monoisotopic (exact) mass is 292 g/mol. The number of nitrogens with zero attached hydrogens (tertiary/aromatic N) is 1. The molecule has 7 heteroatoms. The van der Waals surface area contributed by atoms with Gasteiger partial charge in [-0.05, 0) is 0 Å². The van der Waals surface area contributed by atoms with Crippen LogP contribution in [-0.2, 0) is 9.30 Å². The molecule has 0 fully saturated rings. The second kappa shape index (κ2) is 7.37. The van der Waals surface area contributed by atoms with Gasteiger partial charge in [0, 0.05) is 11.3 Å². The zero-order valence-electron chi connectivity index (χ0n) is 12.0. The van der Waals surface area contributed by atoms with Crippen LogP contribution in [0.3, 0.4) is 0 Å². The fraction of sp³-hybridized carbons (Fsp3) is 0.917. The largest absolute Gasteiger partial charge is 0.395 e. The average Bonchev–Trinajstić information content (AvgIpc) is 2.35. The molecule has 0 amide bonds. The van der Waals surface area contributed by atoms with E-state index in [2.05, 4.69) is 0 Å². The van der Waals surface area contributed by atoms with Crippen molar-refractivity contribution in [3.05, 3.63) is 0 Å². The minimum absolute atomic E-state index is 0.0522. The van der Waals surface area contributed by atoms with Gasteiger partial charge in [-0.3, -0.25) is 0 Å². The molecule has 2 atom stereocenters. The van der Waals surface area contributed by atoms with E-state index >= 15 is 0 Å². The Morgan fingerprint density at radius 3 is 2.16 bits per heavy atom. The minimum atomic E-state index is -3.26. The Kier molecular flexibility index (Phi) is 7.20. The van der Waals surface area contributed by atoms with Crippen LogP contribution in [0, 0.1) is 11.3 Å². The second-order valence-electron chi connectivity index (χ2n) is 5.10. The molecule has 4 N–H and O–H groups in total. The summed E-state index contributed by atoms with van der Waals surface area (Å²) >= 11 is 0. The van der Waals surface area contributed by atoms with Crippen molar-refractivity contribution in [2.75, 3.05) is 13.2 Å². The average molecular weight is 292 g/mol. The summed E-state index contributed by atoms with van der Waals surface area (Å²) in [4.78, 5) is 0. The number of rotatable bonds is 8. The number of aliphatic hydroxyl groups excluding tert-OH is 1. The van der Waals surface area contributed by atoms with Crippen LogP contribution in [0.1, 0.15) is 34.1 Å². The number of hydrogen-bond donors (Lipinski definition) is 3. The summed E-state index contributed by atoms with van der Waals surface area (Å²) in [6.07, 6.45) is 0.0522. The Balaban J connectivity index is 5.56. The number of nitriles is 1. The van der Waals surface area contributed by atoms with Gasteiger partial charge >= 0.3 is 0 Å². The summed E-state index contributed by atoms with van der Waals surface area (Å²) < 4.78 is 18.5. The van der Waals surface area contributed by atoms with Gasteiger partial charge in [0.25, 0.3) is 0 Å². The number of ether oxygens (including phenoxy) is 1. The van der Waals surface area contributed by atoms with Crippen molar-refractivity contribution in [1.82, 2.24) is 0 Å². The van der Waals surface area contributed by atoms with Crippen LogP contribution < -0.4 is 5.73 Å². The summed E-state index contributed by atoms with van der Waals surface area (Å²) in [5.41, 5.74) is 2.91. The number of hydrogen-bond acceptors (Lipinski definition) is 6. The van der Waals surface area contributed by atoms with Gasteiger partial charge in [0.1, 0.15) is 0 Å². The Labute approximate surface area is 114 Å². The molecule has 0 saturated carbocycles. The molecule has 6 nitrogen and oxygen atoms in total. The van der Waals surface area contributed by atoms with E-state index in [0.29, 0.717) is 0 Å². The van der Waals surface area contributed by atoms with Gasteiger partial charge in [0.05, 0.1) is 31.7 Å². The van der Waals surface area contributed by atoms with Crippen molar-refractivity contribution in [2.45, 2.75) is 57.0 Å². The van der Waals surface area contributed by atoms with Crippen LogP contribution in [0.25, 0.3) is 0 Å². The quantitative estimate of drug-likeness (QED) is 0.350. The number of nitrogens with two attached hydrogens (primary N) is 1. The van der Waals surface area contributed by atoms with E-state index < -0.39 is 25.3 Å². The molecule has 0 bridgehead atoms. The van der Waals surface area contributed by atoms with Gasteiger partial charge in [-0.2, -0.15) is 5.26 Å². The smallest absolute Gasteiger partial charge is 0.238 e. The number of aliphatic hydroxyl groups is 2. The molecular formula is C12H25N2O4P. The molecule has 0 rings (SSSR count). The van der Waals surface area contributed by atoms with Crippen LogP contribution in [-0.4, -0.2) is 46.3 Å². The first kappa shape index (κ1) is 18.6. The molecule has 19 heavy (non-hydrogen) atoms. The molecule has 0 aliphatic rings. The van der Waals surface area contributed by atoms with Crippen molar-refractivity contribution >= 4 is 7.14 Å². The summed E-state index contributed by atoms with van der Waals surface area (Å²) in [6, 6.07) is 0.699. The highest BCUT2D eigenvalue weighted by atomic mass is 31.2. The Morgan fingerprint density at radius 2 is 1.84 bits per heavy atom. The van der Waals surface area contributed by atoms with E-state index in [1.807, 2.05) is 6.07 Å². The van der Waals surface area contributed by atoms with Crippen molar-refractivity contribution in [3.63, 3.8) is 0 Å². The highest BCUT2D eigenvalue weighted by Crippen LogP contribution is 2.65. The SMILES string of the molecule is CC(C)P(=O)(C(C)C)[C@@](O)(OCCC#N)C(N)CO. The highest BCUT2D eigenvalue weighted by Gasteiger charge is 2.55. The Morgan fingerprint density at radius 1 is 1.37 bits per heavy atom. The standard InChI is InChI=1S/C12H25N2O4P/c1-9(2)19(17,10(3)4)12(16,11(14)8-15)18-7-5-6-13/h9-11,15-16H,5,7-8,14H2,1-4H3/t11?,12-/m0/s1. The molecule has 1 unspecified atom stereocenters. The fourth-order valence-electron chi connectivity index (χ4n) is 2.17. The summed E-state index contributed by atoms with van der Waals surface area (Å²) in [5, 5.41) is 28.4. The molecule has 0 saturated heterocycles. The van der Waals surface area contributed by atoms with E-state index in [1.165, 1.54) is 0 Å². The van der Waals surface area contributed by atoms with Gasteiger partial charge in [-0.1, -0.05) is 27.7 Å². The summed E-state index contributed by atoms with van der Waals surface area (Å²) in [7, 11) is -3.26. The van der Waals surface area contributed by atoms with Crippen molar-refractivity contribution in [1.29, 1.82) is 5.26 Å². The van der Waals surface area contributed by atoms with E-state index in [9.17, 15) is 14.8 Å². The molecule has 0 spiro atoms. The maximum atomic E-state index is 13.2. The van der Waals surface area contributed by atoms with Crippen LogP contribution in [0.15, 0.2) is 0 Å². The lowest BCUT2D eigenvalue weighted by atomic mass is 10.3. The molecule has 0 aromatic carbocycles. The van der Waals surface area contributed by atoms with Crippen molar-refractivity contribution in [2.24, 2.45) is 5.73 Å². The van der Waals surface area contributed by atoms with Gasteiger partial charge in [-0.15, -0.1) is 0 Å². The molecule has 0 heterocycles. The zero-order valence-corrected chi connectivity index (χ0v) is 12.9. The Bertz CT molecular complexity index is 355. The normalized spacial score (nSPS) is 17.3. The summed E-state index contributed by atoms with van der Waals surface area (Å²) in [6.45, 7) is 6.27. The molecule has 0 radical (unpaired) electrons. The van der Waals surface area contributed by atoms with Crippen LogP contribution in [0.4, 0.5) is 0 Å². The first-order valence-electron chi connectivity index (χ1n) is 6.37. The third kappa shape index (κ3) is 3.56. The van der Waals surface area contributed by atoms with E-state index in [4.69, 9.17) is 15.7 Å². The van der Waals surface area contributed by atoms with Crippen LogP contribution >= 0.6 is 7.14 Å². The predicted molar refractivity (Wildman–Crippen MR) is 74.1 cm³/mol. The van der Waals surface area contributed by atoms with Crippen LogP contribution in [0.2, 0.25) is 0 Å². The first-order valence-corrected chi connectivity index (χ1v) is 8.22. The van der Waals surface area contributed by atoms with Gasteiger partial charge in [0.15, 0.2) is 7.14 Å². The molecule has 0 aliphatic heterocycles. The van der Waals surface area contributed by atoms with Crippen LogP contribution in [0.5, 0.6) is 0 Å². The minimum Gasteiger partial charge on any atom is -0.395 e. The topological polar surface area (TPSA) is 117 Å². The maximum absolute atomic E-state index is 13.2. The van der Waals surface area contributed by atoms with E-state index in [-0.39, 0.29) is 24.3 Å². The lowest BCUT2D eigenvalue weighted by molar-refractivity contribution is -0.159. The molecule has 0 aliphatic carbocycles. The van der Waals surface area contributed by atoms with E-state index in [0.717, 1.165) is 0 Å². The van der Waals surface area contributed by atoms with Gasteiger partial charge in [-0.25, -0.2) is 0 Å². The third-order valence-corrected chi connectivity index (χ3v) is 7.77. The Hall–Kier alpha value is -0.440. The fourth-order valence-corrected chi connectivity index (χ4v) is 5.73. The third-order valence-electron chi connectivity index (χ3n) is 3.24.